The molecule has 2 aromatic carbocycles. The van der Waals surface area contributed by atoms with E-state index in [1.807, 2.05) is 37.3 Å². The number of para-hydroxylation sites is 1. The zero-order chi connectivity index (χ0) is 20.4. The molecule has 0 radical (unpaired) electrons. The summed E-state index contributed by atoms with van der Waals surface area (Å²) in [6, 6.07) is 15.5. The van der Waals surface area contributed by atoms with Crippen molar-refractivity contribution in [3.63, 3.8) is 0 Å². The minimum atomic E-state index is -0.292. The molecule has 0 saturated heterocycles. The Morgan fingerprint density at radius 3 is 2.55 bits per heavy atom. The summed E-state index contributed by atoms with van der Waals surface area (Å²) in [5.41, 5.74) is 7.03. The number of nitrogens with zero attached hydrogens (tertiary/aromatic N) is 2. The van der Waals surface area contributed by atoms with Crippen molar-refractivity contribution < 1.29 is 13.6 Å². The second kappa shape index (κ2) is 7.91. The lowest BCUT2D eigenvalue weighted by Crippen LogP contribution is -2.26. The molecule has 0 fully saturated rings. The number of hydrazone groups is 1. The number of carbonyl (C=O) groups is 1. The number of furan rings is 1. The van der Waals surface area contributed by atoms with E-state index in [1.54, 1.807) is 24.1 Å². The lowest BCUT2D eigenvalue weighted by Gasteiger charge is -2.16. The molecule has 1 N–H and O–H groups in total. The zero-order valence-electron chi connectivity index (χ0n) is 16.4. The number of halogens is 1. The number of carbonyl (C=O) groups excluding carboxylic acids is 1. The standard InChI is InChI=1S/C23H22FN3O2/c1-15-21-19(26-25-17-13-11-16(24)12-14-17)9-6-10-20(21)29-22(15)23(28)27(2)18-7-4-3-5-8-18/h3-5,7-8,11-14,25H,6,9-10H2,1-2H3/b26-19+. The first-order valence-electron chi connectivity index (χ1n) is 9.58. The SMILES string of the molecule is Cc1c(C(=O)N(C)c2ccccc2)oc2c1/C(=N/Nc1ccc(F)cc1)CCC2. The van der Waals surface area contributed by atoms with Gasteiger partial charge in [0, 0.05) is 30.3 Å². The minimum absolute atomic E-state index is 0.186. The van der Waals surface area contributed by atoms with Crippen LogP contribution in [0.3, 0.4) is 0 Å². The van der Waals surface area contributed by atoms with Gasteiger partial charge in [0.15, 0.2) is 5.76 Å². The average Bonchev–Trinajstić information content (AvgIpc) is 3.10. The molecule has 29 heavy (non-hydrogen) atoms. The highest BCUT2D eigenvalue weighted by Crippen LogP contribution is 2.31. The predicted molar refractivity (Wildman–Crippen MR) is 112 cm³/mol. The highest BCUT2D eigenvalue weighted by Gasteiger charge is 2.29. The molecule has 6 heteroatoms. The van der Waals surface area contributed by atoms with Gasteiger partial charge in [0.1, 0.15) is 11.6 Å². The van der Waals surface area contributed by atoms with E-state index in [4.69, 9.17) is 4.42 Å². The smallest absolute Gasteiger partial charge is 0.294 e. The van der Waals surface area contributed by atoms with Gasteiger partial charge in [-0.2, -0.15) is 5.10 Å². The summed E-state index contributed by atoms with van der Waals surface area (Å²) in [5, 5.41) is 4.52. The van der Waals surface area contributed by atoms with Crippen LogP contribution in [0.1, 0.15) is 40.3 Å². The normalized spacial score (nSPS) is 14.5. The first kappa shape index (κ1) is 18.9. The number of rotatable bonds is 4. The Morgan fingerprint density at radius 1 is 1.10 bits per heavy atom. The number of amides is 1. The van der Waals surface area contributed by atoms with Gasteiger partial charge in [-0.3, -0.25) is 10.2 Å². The maximum atomic E-state index is 13.1. The van der Waals surface area contributed by atoms with E-state index in [2.05, 4.69) is 10.5 Å². The second-order valence-corrected chi connectivity index (χ2v) is 7.08. The third-order valence-corrected chi connectivity index (χ3v) is 5.13. The van der Waals surface area contributed by atoms with Crippen molar-refractivity contribution >= 4 is 23.0 Å². The van der Waals surface area contributed by atoms with Crippen LogP contribution in [0.15, 0.2) is 64.1 Å². The third kappa shape index (κ3) is 3.78. The molecule has 0 aliphatic heterocycles. The fourth-order valence-corrected chi connectivity index (χ4v) is 3.56. The molecule has 0 unspecified atom stereocenters. The van der Waals surface area contributed by atoms with Crippen LogP contribution >= 0.6 is 0 Å². The summed E-state index contributed by atoms with van der Waals surface area (Å²) in [7, 11) is 1.74. The second-order valence-electron chi connectivity index (χ2n) is 7.08. The first-order chi connectivity index (χ1) is 14.0. The number of benzene rings is 2. The van der Waals surface area contributed by atoms with E-state index in [-0.39, 0.29) is 11.7 Å². The van der Waals surface area contributed by atoms with Crippen molar-refractivity contribution in [1.82, 2.24) is 0 Å². The van der Waals surface area contributed by atoms with Gasteiger partial charge in [-0.05, 0) is 56.2 Å². The summed E-state index contributed by atoms with van der Waals surface area (Å²) >= 11 is 0. The molecule has 0 spiro atoms. The number of anilines is 2. The van der Waals surface area contributed by atoms with Crippen LogP contribution in [-0.2, 0) is 6.42 Å². The van der Waals surface area contributed by atoms with Crippen molar-refractivity contribution in [3.05, 3.63) is 83.1 Å². The van der Waals surface area contributed by atoms with Crippen molar-refractivity contribution in [2.45, 2.75) is 26.2 Å². The van der Waals surface area contributed by atoms with Crippen LogP contribution in [0, 0.1) is 12.7 Å². The highest BCUT2D eigenvalue weighted by molar-refractivity contribution is 6.10. The van der Waals surface area contributed by atoms with Crippen LogP contribution in [-0.4, -0.2) is 18.7 Å². The number of hydrogen-bond donors (Lipinski definition) is 1. The van der Waals surface area contributed by atoms with Gasteiger partial charge >= 0.3 is 0 Å². The molecule has 0 atom stereocenters. The van der Waals surface area contributed by atoms with Gasteiger partial charge in [-0.15, -0.1) is 0 Å². The van der Waals surface area contributed by atoms with Gasteiger partial charge < -0.3 is 9.32 Å². The molecule has 1 aliphatic rings. The lowest BCUT2D eigenvalue weighted by molar-refractivity contribution is 0.0964. The third-order valence-electron chi connectivity index (χ3n) is 5.13. The number of fused-ring (bicyclic) bond motifs is 1. The molecule has 0 bridgehead atoms. The highest BCUT2D eigenvalue weighted by atomic mass is 19.1. The molecule has 1 heterocycles. The van der Waals surface area contributed by atoms with Crippen LogP contribution in [0.25, 0.3) is 0 Å². The Morgan fingerprint density at radius 2 is 1.83 bits per heavy atom. The Labute approximate surface area is 168 Å². The van der Waals surface area contributed by atoms with E-state index >= 15 is 0 Å². The molecule has 1 amide bonds. The molecule has 148 valence electrons. The largest absolute Gasteiger partial charge is 0.455 e. The Kier molecular flexibility index (Phi) is 5.16. The molecule has 5 nitrogen and oxygen atoms in total. The van der Waals surface area contributed by atoms with Crippen molar-refractivity contribution in [3.8, 4) is 0 Å². The van der Waals surface area contributed by atoms with Gasteiger partial charge in [-0.1, -0.05) is 18.2 Å². The summed E-state index contributed by atoms with van der Waals surface area (Å²) in [6.45, 7) is 1.90. The predicted octanol–water partition coefficient (Wildman–Crippen LogP) is 5.16. The van der Waals surface area contributed by atoms with Gasteiger partial charge in [-0.25, -0.2) is 4.39 Å². The molecule has 1 aliphatic carbocycles. The number of nitrogens with one attached hydrogen (secondary N) is 1. The van der Waals surface area contributed by atoms with Crippen molar-refractivity contribution in [1.29, 1.82) is 0 Å². The molecule has 0 saturated carbocycles. The zero-order valence-corrected chi connectivity index (χ0v) is 16.4. The van der Waals surface area contributed by atoms with E-state index in [0.29, 0.717) is 11.4 Å². The maximum absolute atomic E-state index is 13.1. The number of hydrogen-bond acceptors (Lipinski definition) is 4. The molecular formula is C23H22FN3O2. The molecule has 4 rings (SSSR count). The van der Waals surface area contributed by atoms with E-state index in [1.165, 1.54) is 12.1 Å². The Bertz CT molecular complexity index is 1060. The van der Waals surface area contributed by atoms with E-state index < -0.39 is 0 Å². The Hall–Kier alpha value is -3.41. The Balaban J connectivity index is 1.63. The summed E-state index contributed by atoms with van der Waals surface area (Å²) < 4.78 is 19.1. The van der Waals surface area contributed by atoms with Gasteiger partial charge in [0.2, 0.25) is 0 Å². The summed E-state index contributed by atoms with van der Waals surface area (Å²) in [6.07, 6.45) is 2.45. The van der Waals surface area contributed by atoms with Crippen LogP contribution in [0.2, 0.25) is 0 Å². The average molecular weight is 391 g/mol. The molecule has 3 aromatic rings. The number of aryl methyl sites for hydroxylation is 1. The quantitative estimate of drug-likeness (QED) is 0.625. The van der Waals surface area contributed by atoms with E-state index in [9.17, 15) is 9.18 Å². The summed E-state index contributed by atoms with van der Waals surface area (Å²) in [5.74, 6) is 0.657. The van der Waals surface area contributed by atoms with Crippen LogP contribution < -0.4 is 10.3 Å². The van der Waals surface area contributed by atoms with Crippen molar-refractivity contribution in [2.75, 3.05) is 17.4 Å². The summed E-state index contributed by atoms with van der Waals surface area (Å²) in [4.78, 5) is 14.6. The fraction of sp³-hybridized carbons (Fsp3) is 0.217. The van der Waals surface area contributed by atoms with Crippen molar-refractivity contribution in [2.24, 2.45) is 5.10 Å². The van der Waals surface area contributed by atoms with Crippen LogP contribution in [0.5, 0.6) is 0 Å². The monoisotopic (exact) mass is 391 g/mol. The molecule has 1 aromatic heterocycles. The molecular weight excluding hydrogens is 369 g/mol. The fourth-order valence-electron chi connectivity index (χ4n) is 3.56. The van der Waals surface area contributed by atoms with Gasteiger partial charge in [0.05, 0.1) is 11.4 Å². The maximum Gasteiger partial charge on any atom is 0.294 e. The topological polar surface area (TPSA) is 57.8 Å². The van der Waals surface area contributed by atoms with Gasteiger partial charge in [0.25, 0.3) is 5.91 Å². The van der Waals surface area contributed by atoms with Crippen LogP contribution in [0.4, 0.5) is 15.8 Å². The lowest BCUT2D eigenvalue weighted by atomic mass is 9.93. The minimum Gasteiger partial charge on any atom is -0.455 e. The van der Waals surface area contributed by atoms with E-state index in [0.717, 1.165) is 47.5 Å². The first-order valence-corrected chi connectivity index (χ1v) is 9.58.